The van der Waals surface area contributed by atoms with Gasteiger partial charge in [0, 0.05) is 6.04 Å². The molecule has 1 aromatic carbocycles. The molecule has 2 atom stereocenters. The van der Waals surface area contributed by atoms with E-state index in [-0.39, 0.29) is 6.04 Å². The van der Waals surface area contributed by atoms with Gasteiger partial charge in [-0.2, -0.15) is 0 Å². The second kappa shape index (κ2) is 4.70. The lowest BCUT2D eigenvalue weighted by Crippen LogP contribution is -2.30. The van der Waals surface area contributed by atoms with Gasteiger partial charge in [-0.3, -0.25) is 0 Å². The Hall–Kier alpha value is -0.820. The Morgan fingerprint density at radius 3 is 2.28 bits per heavy atom. The Bertz CT molecular complexity index is 445. The van der Waals surface area contributed by atoms with Crippen LogP contribution >= 0.6 is 0 Å². The van der Waals surface area contributed by atoms with Gasteiger partial charge >= 0.3 is 0 Å². The first-order valence-electron chi connectivity index (χ1n) is 7.16. The van der Waals surface area contributed by atoms with Crippen molar-refractivity contribution in [2.24, 2.45) is 17.1 Å². The lowest BCUT2D eigenvalue weighted by atomic mass is 9.75. The molecule has 1 aromatic rings. The molecule has 0 spiro atoms. The van der Waals surface area contributed by atoms with Crippen molar-refractivity contribution in [3.05, 3.63) is 34.4 Å². The average Bonchev–Trinajstić information content (AvgIpc) is 2.62. The lowest BCUT2D eigenvalue weighted by Gasteiger charge is -2.33. The smallest absolute Gasteiger partial charge is 0.0331 e. The number of rotatable bonds is 2. The Morgan fingerprint density at radius 2 is 1.72 bits per heavy atom. The zero-order valence-corrected chi connectivity index (χ0v) is 12.5. The third-order valence-corrected chi connectivity index (χ3v) is 5.01. The summed E-state index contributed by atoms with van der Waals surface area (Å²) in [5.41, 5.74) is 12.4. The van der Waals surface area contributed by atoms with Gasteiger partial charge in [0.25, 0.3) is 0 Å². The van der Waals surface area contributed by atoms with E-state index in [1.54, 1.807) is 0 Å². The van der Waals surface area contributed by atoms with Crippen LogP contribution < -0.4 is 5.73 Å². The molecule has 1 heteroatoms. The van der Waals surface area contributed by atoms with Crippen molar-refractivity contribution in [1.29, 1.82) is 0 Å². The molecule has 0 aliphatic heterocycles. The van der Waals surface area contributed by atoms with Crippen LogP contribution in [-0.4, -0.2) is 0 Å². The molecule has 0 radical (unpaired) electrons. The lowest BCUT2D eigenvalue weighted by molar-refractivity contribution is 0.222. The van der Waals surface area contributed by atoms with E-state index >= 15 is 0 Å². The quantitative estimate of drug-likeness (QED) is 0.819. The molecule has 0 bridgehead atoms. The Balaban J connectivity index is 2.34. The van der Waals surface area contributed by atoms with Gasteiger partial charge in [-0.15, -0.1) is 0 Å². The molecule has 0 amide bonds. The van der Waals surface area contributed by atoms with Crippen LogP contribution in [0, 0.1) is 32.1 Å². The molecule has 1 nitrogen and oxygen atoms in total. The molecule has 18 heavy (non-hydrogen) atoms. The highest BCUT2D eigenvalue weighted by Gasteiger charge is 2.38. The first-order chi connectivity index (χ1) is 8.33. The SMILES string of the molecule is Cc1cc(C)c(C(N)C2CCCC2(C)C)cc1C. The maximum absolute atomic E-state index is 6.60. The summed E-state index contributed by atoms with van der Waals surface area (Å²) in [7, 11) is 0. The minimum absolute atomic E-state index is 0.196. The normalized spacial score (nSPS) is 24.2. The first kappa shape index (κ1) is 13.6. The van der Waals surface area contributed by atoms with Crippen LogP contribution in [0.25, 0.3) is 0 Å². The molecule has 2 rings (SSSR count). The van der Waals surface area contributed by atoms with Crippen LogP contribution in [-0.2, 0) is 0 Å². The predicted octanol–water partition coefficient (Wildman–Crippen LogP) is 4.44. The third-order valence-electron chi connectivity index (χ3n) is 5.01. The monoisotopic (exact) mass is 245 g/mol. The summed E-state index contributed by atoms with van der Waals surface area (Å²) in [6.07, 6.45) is 3.92. The molecule has 1 fully saturated rings. The summed E-state index contributed by atoms with van der Waals surface area (Å²) in [6.45, 7) is 11.3. The molecular formula is C17H27N. The average molecular weight is 245 g/mol. The number of benzene rings is 1. The number of hydrogen-bond donors (Lipinski definition) is 1. The highest BCUT2D eigenvalue weighted by atomic mass is 14.7. The number of hydrogen-bond acceptors (Lipinski definition) is 1. The van der Waals surface area contributed by atoms with Crippen LogP contribution in [0.15, 0.2) is 12.1 Å². The molecule has 1 aliphatic rings. The van der Waals surface area contributed by atoms with Crippen molar-refractivity contribution in [3.8, 4) is 0 Å². The summed E-state index contributed by atoms with van der Waals surface area (Å²) in [5.74, 6) is 0.623. The topological polar surface area (TPSA) is 26.0 Å². The first-order valence-corrected chi connectivity index (χ1v) is 7.16. The van der Waals surface area contributed by atoms with Gasteiger partial charge in [-0.1, -0.05) is 32.4 Å². The van der Waals surface area contributed by atoms with E-state index < -0.39 is 0 Å². The van der Waals surface area contributed by atoms with Gasteiger partial charge in [0.1, 0.15) is 0 Å². The molecule has 1 saturated carbocycles. The number of nitrogens with two attached hydrogens (primary N) is 1. The van der Waals surface area contributed by atoms with Crippen molar-refractivity contribution < 1.29 is 0 Å². The van der Waals surface area contributed by atoms with Gasteiger partial charge in [-0.05, 0) is 67.2 Å². The summed E-state index contributed by atoms with van der Waals surface area (Å²) >= 11 is 0. The standard InChI is InChI=1S/C17H27N/c1-11-9-13(3)14(10-12(11)2)16(18)15-7-6-8-17(15,4)5/h9-10,15-16H,6-8,18H2,1-5H3. The Kier molecular flexibility index (Phi) is 3.55. The fourth-order valence-corrected chi connectivity index (χ4v) is 3.58. The van der Waals surface area contributed by atoms with Crippen LogP contribution in [0.5, 0.6) is 0 Å². The van der Waals surface area contributed by atoms with Gasteiger partial charge in [-0.25, -0.2) is 0 Å². The minimum Gasteiger partial charge on any atom is -0.324 e. The molecule has 0 heterocycles. The zero-order valence-electron chi connectivity index (χ0n) is 12.5. The molecule has 1 aliphatic carbocycles. The number of aryl methyl sites for hydroxylation is 3. The van der Waals surface area contributed by atoms with Crippen LogP contribution in [0.2, 0.25) is 0 Å². The summed E-state index contributed by atoms with van der Waals surface area (Å²) in [5, 5.41) is 0. The van der Waals surface area contributed by atoms with Gasteiger partial charge < -0.3 is 5.73 Å². The van der Waals surface area contributed by atoms with Crippen molar-refractivity contribution in [2.45, 2.75) is 59.9 Å². The summed E-state index contributed by atoms with van der Waals surface area (Å²) < 4.78 is 0. The van der Waals surface area contributed by atoms with E-state index in [0.717, 1.165) is 0 Å². The van der Waals surface area contributed by atoms with Crippen molar-refractivity contribution in [1.82, 2.24) is 0 Å². The highest BCUT2D eigenvalue weighted by molar-refractivity contribution is 5.38. The van der Waals surface area contributed by atoms with Crippen molar-refractivity contribution in [2.75, 3.05) is 0 Å². The second-order valence-electron chi connectivity index (χ2n) is 6.81. The predicted molar refractivity (Wildman–Crippen MR) is 78.7 cm³/mol. The highest BCUT2D eigenvalue weighted by Crippen LogP contribution is 2.48. The van der Waals surface area contributed by atoms with E-state index in [0.29, 0.717) is 11.3 Å². The van der Waals surface area contributed by atoms with Crippen molar-refractivity contribution in [3.63, 3.8) is 0 Å². The molecular weight excluding hydrogens is 218 g/mol. The molecule has 0 aromatic heterocycles. The zero-order chi connectivity index (χ0) is 13.5. The van der Waals surface area contributed by atoms with Gasteiger partial charge in [0.05, 0.1) is 0 Å². The molecule has 2 unspecified atom stereocenters. The maximum Gasteiger partial charge on any atom is 0.0331 e. The third kappa shape index (κ3) is 2.33. The molecule has 0 saturated heterocycles. The second-order valence-corrected chi connectivity index (χ2v) is 6.81. The van der Waals surface area contributed by atoms with Crippen LogP contribution in [0.4, 0.5) is 0 Å². The summed E-state index contributed by atoms with van der Waals surface area (Å²) in [6, 6.07) is 4.79. The van der Waals surface area contributed by atoms with E-state index in [9.17, 15) is 0 Å². The van der Waals surface area contributed by atoms with Gasteiger partial charge in [0.15, 0.2) is 0 Å². The fraction of sp³-hybridized carbons (Fsp3) is 0.647. The van der Waals surface area contributed by atoms with Crippen molar-refractivity contribution >= 4 is 0 Å². The van der Waals surface area contributed by atoms with Gasteiger partial charge in [0.2, 0.25) is 0 Å². The van der Waals surface area contributed by atoms with E-state index in [4.69, 9.17) is 5.73 Å². The molecule has 100 valence electrons. The van der Waals surface area contributed by atoms with Crippen LogP contribution in [0.1, 0.15) is 61.4 Å². The summed E-state index contributed by atoms with van der Waals surface area (Å²) in [4.78, 5) is 0. The largest absolute Gasteiger partial charge is 0.324 e. The Morgan fingerprint density at radius 1 is 1.11 bits per heavy atom. The van der Waals surface area contributed by atoms with E-state index in [2.05, 4.69) is 46.8 Å². The van der Waals surface area contributed by atoms with Crippen LogP contribution in [0.3, 0.4) is 0 Å². The van der Waals surface area contributed by atoms with E-state index in [1.807, 2.05) is 0 Å². The minimum atomic E-state index is 0.196. The Labute approximate surface area is 112 Å². The van der Waals surface area contributed by atoms with E-state index in [1.165, 1.54) is 41.5 Å². The maximum atomic E-state index is 6.60. The molecule has 2 N–H and O–H groups in total. The fourth-order valence-electron chi connectivity index (χ4n) is 3.58.